The molecular formula is C8H21NO2. The van der Waals surface area contributed by atoms with Crippen LogP contribution in [0.1, 0.15) is 35.5 Å². The van der Waals surface area contributed by atoms with E-state index in [9.17, 15) is 4.79 Å². The lowest BCUT2D eigenvalue weighted by molar-refractivity contribution is 0.152. The summed E-state index contributed by atoms with van der Waals surface area (Å²) in [6.07, 6.45) is 0.623. The third kappa shape index (κ3) is 12.5. The number of carbonyl (C=O) groups is 1. The SMILES string of the molecule is CC.CCCNC(=O)OCC.[HH]. The molecule has 0 bridgehead atoms. The van der Waals surface area contributed by atoms with Crippen LogP contribution in [0.15, 0.2) is 0 Å². The van der Waals surface area contributed by atoms with Crippen LogP contribution < -0.4 is 5.32 Å². The van der Waals surface area contributed by atoms with Crippen molar-refractivity contribution in [1.29, 1.82) is 0 Å². The Kier molecular flexibility index (Phi) is 14.1. The molecule has 0 atom stereocenters. The second kappa shape index (κ2) is 12.0. The Balaban J connectivity index is -0.000000249. The third-order valence-corrected chi connectivity index (χ3v) is 0.795. The first-order valence-electron chi connectivity index (χ1n) is 4.21. The fraction of sp³-hybridized carbons (Fsp3) is 0.875. The summed E-state index contributed by atoms with van der Waals surface area (Å²) in [5, 5.41) is 2.57. The molecule has 0 radical (unpaired) electrons. The molecule has 3 nitrogen and oxygen atoms in total. The monoisotopic (exact) mass is 163 g/mol. The van der Waals surface area contributed by atoms with Gasteiger partial charge in [0.2, 0.25) is 0 Å². The van der Waals surface area contributed by atoms with Gasteiger partial charge in [0.25, 0.3) is 0 Å². The first-order valence-corrected chi connectivity index (χ1v) is 4.21. The Bertz CT molecular complexity index is 89.1. The highest BCUT2D eigenvalue weighted by molar-refractivity contribution is 5.66. The van der Waals surface area contributed by atoms with E-state index in [0.29, 0.717) is 13.2 Å². The van der Waals surface area contributed by atoms with Gasteiger partial charge in [-0.1, -0.05) is 20.8 Å². The molecule has 11 heavy (non-hydrogen) atoms. The van der Waals surface area contributed by atoms with Crippen molar-refractivity contribution >= 4 is 6.09 Å². The Morgan fingerprint density at radius 2 is 2.00 bits per heavy atom. The van der Waals surface area contributed by atoms with Crippen molar-refractivity contribution in [3.05, 3.63) is 0 Å². The summed E-state index contributed by atoms with van der Waals surface area (Å²) in [6.45, 7) is 8.91. The van der Waals surface area contributed by atoms with Gasteiger partial charge in [-0.3, -0.25) is 0 Å². The van der Waals surface area contributed by atoms with E-state index in [0.717, 1.165) is 6.42 Å². The quantitative estimate of drug-likeness (QED) is 0.693. The van der Waals surface area contributed by atoms with E-state index in [1.807, 2.05) is 20.8 Å². The van der Waals surface area contributed by atoms with Crippen LogP contribution in [-0.4, -0.2) is 19.2 Å². The van der Waals surface area contributed by atoms with Crippen LogP contribution in [0.2, 0.25) is 0 Å². The summed E-state index contributed by atoms with van der Waals surface area (Å²) in [7, 11) is 0. The van der Waals surface area contributed by atoms with E-state index in [-0.39, 0.29) is 7.52 Å². The van der Waals surface area contributed by atoms with Gasteiger partial charge in [0, 0.05) is 7.97 Å². The van der Waals surface area contributed by atoms with Crippen molar-refractivity contribution < 1.29 is 11.0 Å². The fourth-order valence-corrected chi connectivity index (χ4v) is 0.409. The second-order valence-corrected chi connectivity index (χ2v) is 1.65. The molecular weight excluding hydrogens is 142 g/mol. The standard InChI is InChI=1S/C6H13NO2.C2H6.H2/c1-3-5-7-6(8)9-4-2;1-2;/h3-5H2,1-2H3,(H,7,8);1-2H3;1H. The van der Waals surface area contributed by atoms with Crippen molar-refractivity contribution in [1.82, 2.24) is 5.32 Å². The Morgan fingerprint density at radius 1 is 1.45 bits per heavy atom. The minimum absolute atomic E-state index is 0. The molecule has 0 fully saturated rings. The fourth-order valence-electron chi connectivity index (χ4n) is 0.409. The summed E-state index contributed by atoms with van der Waals surface area (Å²) in [4.78, 5) is 10.5. The van der Waals surface area contributed by atoms with Gasteiger partial charge < -0.3 is 10.1 Å². The van der Waals surface area contributed by atoms with Crippen LogP contribution in [0.4, 0.5) is 4.79 Å². The van der Waals surface area contributed by atoms with E-state index >= 15 is 0 Å². The molecule has 0 unspecified atom stereocenters. The van der Waals surface area contributed by atoms with E-state index in [4.69, 9.17) is 0 Å². The lowest BCUT2D eigenvalue weighted by Crippen LogP contribution is -2.24. The Hall–Kier alpha value is -0.730. The van der Waals surface area contributed by atoms with Crippen LogP contribution in [-0.2, 0) is 4.74 Å². The van der Waals surface area contributed by atoms with Crippen LogP contribution in [0.25, 0.3) is 0 Å². The number of alkyl carbamates (subject to hydrolysis) is 1. The molecule has 0 aromatic carbocycles. The summed E-state index contributed by atoms with van der Waals surface area (Å²) in [5.74, 6) is 0. The second-order valence-electron chi connectivity index (χ2n) is 1.65. The molecule has 0 saturated carbocycles. The van der Waals surface area contributed by atoms with E-state index in [1.54, 1.807) is 6.92 Å². The molecule has 0 aliphatic rings. The highest BCUT2D eigenvalue weighted by Gasteiger charge is 1.94. The maximum atomic E-state index is 10.5. The molecule has 0 rings (SSSR count). The van der Waals surface area contributed by atoms with Gasteiger partial charge >= 0.3 is 6.09 Å². The molecule has 70 valence electrons. The minimum atomic E-state index is -0.320. The van der Waals surface area contributed by atoms with Gasteiger partial charge in [-0.15, -0.1) is 0 Å². The largest absolute Gasteiger partial charge is 0.450 e. The number of amides is 1. The summed E-state index contributed by atoms with van der Waals surface area (Å²) >= 11 is 0. The van der Waals surface area contributed by atoms with Crippen molar-refractivity contribution in [2.75, 3.05) is 13.2 Å². The van der Waals surface area contributed by atoms with Crippen LogP contribution in [0, 0.1) is 0 Å². The number of rotatable bonds is 3. The molecule has 0 aliphatic heterocycles. The smallest absolute Gasteiger partial charge is 0.407 e. The first kappa shape index (κ1) is 12.9. The summed E-state index contributed by atoms with van der Waals surface area (Å²) < 4.78 is 4.59. The van der Waals surface area contributed by atoms with Crippen molar-refractivity contribution in [2.24, 2.45) is 0 Å². The molecule has 1 amide bonds. The van der Waals surface area contributed by atoms with Gasteiger partial charge in [-0.25, -0.2) is 4.79 Å². The molecule has 1 N–H and O–H groups in total. The lowest BCUT2D eigenvalue weighted by Gasteiger charge is -2.01. The van der Waals surface area contributed by atoms with E-state index < -0.39 is 0 Å². The lowest BCUT2D eigenvalue weighted by atomic mass is 10.5. The van der Waals surface area contributed by atoms with Gasteiger partial charge in [0.05, 0.1) is 6.61 Å². The molecule has 0 saturated heterocycles. The third-order valence-electron chi connectivity index (χ3n) is 0.795. The maximum absolute atomic E-state index is 10.5. The van der Waals surface area contributed by atoms with Crippen molar-refractivity contribution in [3.63, 3.8) is 0 Å². The zero-order valence-corrected chi connectivity index (χ0v) is 7.94. The van der Waals surface area contributed by atoms with Gasteiger partial charge in [0.15, 0.2) is 0 Å². The average molecular weight is 163 g/mol. The van der Waals surface area contributed by atoms with Crippen LogP contribution in [0.5, 0.6) is 0 Å². The predicted octanol–water partition coefficient (Wildman–Crippen LogP) is 2.41. The number of nitrogens with one attached hydrogen (secondary N) is 1. The Labute approximate surface area is 70.6 Å². The van der Waals surface area contributed by atoms with Gasteiger partial charge in [0.1, 0.15) is 0 Å². The van der Waals surface area contributed by atoms with Gasteiger partial charge in [-0.2, -0.15) is 0 Å². The number of hydrogen-bond acceptors (Lipinski definition) is 2. The van der Waals surface area contributed by atoms with Crippen LogP contribution in [0.3, 0.4) is 0 Å². The highest BCUT2D eigenvalue weighted by atomic mass is 16.5. The van der Waals surface area contributed by atoms with Crippen LogP contribution >= 0.6 is 0 Å². The van der Waals surface area contributed by atoms with E-state index in [1.165, 1.54) is 0 Å². The summed E-state index contributed by atoms with van der Waals surface area (Å²) in [5.41, 5.74) is 0. The number of carbonyl (C=O) groups excluding carboxylic acids is 1. The molecule has 0 aromatic rings. The normalized spacial score (nSPS) is 7.64. The molecule has 0 aliphatic carbocycles. The predicted molar refractivity (Wildman–Crippen MR) is 48.8 cm³/mol. The number of hydrogen-bond donors (Lipinski definition) is 1. The summed E-state index contributed by atoms with van der Waals surface area (Å²) in [6, 6.07) is 0. The molecule has 3 heteroatoms. The zero-order valence-electron chi connectivity index (χ0n) is 7.94. The average Bonchev–Trinajstić information content (AvgIpc) is 2.05. The first-order chi connectivity index (χ1) is 5.31. The number of ether oxygens (including phenoxy) is 1. The highest BCUT2D eigenvalue weighted by Crippen LogP contribution is 1.76. The Morgan fingerprint density at radius 3 is 2.36 bits per heavy atom. The molecule has 0 spiro atoms. The maximum Gasteiger partial charge on any atom is 0.407 e. The molecule has 0 aromatic heterocycles. The topological polar surface area (TPSA) is 38.3 Å². The van der Waals surface area contributed by atoms with E-state index in [2.05, 4.69) is 10.1 Å². The van der Waals surface area contributed by atoms with Crippen molar-refractivity contribution in [3.8, 4) is 0 Å². The van der Waals surface area contributed by atoms with Crippen molar-refractivity contribution in [2.45, 2.75) is 34.1 Å². The molecule has 0 heterocycles. The zero-order chi connectivity index (χ0) is 9.11. The van der Waals surface area contributed by atoms with Gasteiger partial charge in [-0.05, 0) is 13.3 Å². The minimum Gasteiger partial charge on any atom is -0.450 e.